The number of fused-ring (bicyclic) bond motifs is 1. The monoisotopic (exact) mass is 534 g/mol. The molecule has 2 N–H and O–H groups in total. The number of anilines is 1. The minimum absolute atomic E-state index is 0.0361. The maximum absolute atomic E-state index is 13.4. The zero-order valence-corrected chi connectivity index (χ0v) is 22.3. The van der Waals surface area contributed by atoms with Gasteiger partial charge in [0.1, 0.15) is 0 Å². The van der Waals surface area contributed by atoms with Crippen LogP contribution in [0.15, 0.2) is 76.7 Å². The summed E-state index contributed by atoms with van der Waals surface area (Å²) in [6.45, 7) is 5.95. The second kappa shape index (κ2) is 11.6. The van der Waals surface area contributed by atoms with Gasteiger partial charge in [-0.05, 0) is 68.3 Å². The summed E-state index contributed by atoms with van der Waals surface area (Å²) in [6.07, 6.45) is 0. The van der Waals surface area contributed by atoms with E-state index in [1.165, 1.54) is 11.8 Å². The second-order valence-corrected chi connectivity index (χ2v) is 10.3. The van der Waals surface area contributed by atoms with E-state index in [1.54, 1.807) is 47.0 Å². The molecular weight excluding hydrogens is 508 g/mol. The van der Waals surface area contributed by atoms with Crippen molar-refractivity contribution in [1.29, 1.82) is 0 Å². The SMILES string of the molecule is Cc1ccc(Cl)cc1NC(=O)CSc1nc2ccccc2c(=O)n1Cc1ccc(C(=O)NC(C)C)cc1. The molecule has 0 bridgehead atoms. The molecule has 0 saturated carbocycles. The molecule has 0 radical (unpaired) electrons. The van der Waals surface area contributed by atoms with E-state index in [9.17, 15) is 14.4 Å². The summed E-state index contributed by atoms with van der Waals surface area (Å²) < 4.78 is 1.56. The highest BCUT2D eigenvalue weighted by molar-refractivity contribution is 7.99. The average Bonchev–Trinajstić information content (AvgIpc) is 2.87. The van der Waals surface area contributed by atoms with Gasteiger partial charge in [0.05, 0.1) is 23.2 Å². The summed E-state index contributed by atoms with van der Waals surface area (Å²) in [7, 11) is 0. The van der Waals surface area contributed by atoms with Gasteiger partial charge in [0.2, 0.25) is 5.91 Å². The first-order valence-corrected chi connectivity index (χ1v) is 13.2. The summed E-state index contributed by atoms with van der Waals surface area (Å²) in [6, 6.07) is 19.6. The van der Waals surface area contributed by atoms with Crippen molar-refractivity contribution in [2.75, 3.05) is 11.1 Å². The van der Waals surface area contributed by atoms with Gasteiger partial charge in [-0.2, -0.15) is 0 Å². The number of amides is 2. The lowest BCUT2D eigenvalue weighted by Crippen LogP contribution is -2.30. The van der Waals surface area contributed by atoms with Crippen molar-refractivity contribution in [2.24, 2.45) is 0 Å². The van der Waals surface area contributed by atoms with Gasteiger partial charge < -0.3 is 10.6 Å². The number of thioether (sulfide) groups is 1. The number of carbonyl (C=O) groups is 2. The lowest BCUT2D eigenvalue weighted by molar-refractivity contribution is -0.113. The van der Waals surface area contributed by atoms with Crippen molar-refractivity contribution in [3.05, 3.63) is 98.8 Å². The third-order valence-electron chi connectivity index (χ3n) is 5.61. The van der Waals surface area contributed by atoms with Crippen LogP contribution in [0.25, 0.3) is 10.9 Å². The predicted molar refractivity (Wildman–Crippen MR) is 150 cm³/mol. The fourth-order valence-electron chi connectivity index (χ4n) is 3.73. The van der Waals surface area contributed by atoms with Crippen LogP contribution in [-0.2, 0) is 11.3 Å². The lowest BCUT2D eigenvalue weighted by Gasteiger charge is -2.14. The van der Waals surface area contributed by atoms with E-state index in [0.29, 0.717) is 32.3 Å². The van der Waals surface area contributed by atoms with Gasteiger partial charge in [-0.3, -0.25) is 19.0 Å². The van der Waals surface area contributed by atoms with Crippen LogP contribution in [0.5, 0.6) is 0 Å². The number of hydrogen-bond acceptors (Lipinski definition) is 5. The molecule has 0 spiro atoms. The van der Waals surface area contributed by atoms with Crippen LogP contribution < -0.4 is 16.2 Å². The van der Waals surface area contributed by atoms with Gasteiger partial charge in [-0.15, -0.1) is 0 Å². The Morgan fingerprint density at radius 1 is 1.05 bits per heavy atom. The number of nitrogens with one attached hydrogen (secondary N) is 2. The van der Waals surface area contributed by atoms with Crippen molar-refractivity contribution in [3.8, 4) is 0 Å². The number of aromatic nitrogens is 2. The number of hydrogen-bond donors (Lipinski definition) is 2. The van der Waals surface area contributed by atoms with Gasteiger partial charge in [0, 0.05) is 22.3 Å². The molecule has 4 aromatic rings. The van der Waals surface area contributed by atoms with Gasteiger partial charge in [-0.25, -0.2) is 4.98 Å². The standard InChI is InChI=1S/C28H27ClN4O3S/c1-17(2)30-26(35)20-11-9-19(10-12-20)15-33-27(36)22-6-4-5-7-23(22)32-28(33)37-16-25(34)31-24-14-21(29)13-8-18(24)3/h4-14,17H,15-16H2,1-3H3,(H,30,35)(H,31,34). The summed E-state index contributed by atoms with van der Waals surface area (Å²) in [5.41, 5.74) is 3.29. The fourth-order valence-corrected chi connectivity index (χ4v) is 4.70. The van der Waals surface area contributed by atoms with Crippen LogP contribution >= 0.6 is 23.4 Å². The topological polar surface area (TPSA) is 93.1 Å². The highest BCUT2D eigenvalue weighted by Crippen LogP contribution is 2.22. The molecule has 7 nitrogen and oxygen atoms in total. The Kier molecular flexibility index (Phi) is 8.31. The minimum Gasteiger partial charge on any atom is -0.350 e. The van der Waals surface area contributed by atoms with E-state index < -0.39 is 0 Å². The number of nitrogens with zero attached hydrogens (tertiary/aromatic N) is 2. The van der Waals surface area contributed by atoms with Crippen LogP contribution in [0, 0.1) is 6.92 Å². The first-order valence-electron chi connectivity index (χ1n) is 11.8. The van der Waals surface area contributed by atoms with E-state index >= 15 is 0 Å². The number of carbonyl (C=O) groups excluding carboxylic acids is 2. The van der Waals surface area contributed by atoms with Crippen LogP contribution in [0.3, 0.4) is 0 Å². The number of para-hydroxylation sites is 1. The molecule has 0 aliphatic rings. The maximum Gasteiger partial charge on any atom is 0.262 e. The zero-order valence-electron chi connectivity index (χ0n) is 20.7. The molecule has 1 heterocycles. The largest absolute Gasteiger partial charge is 0.350 e. The Hall–Kier alpha value is -3.62. The Bertz CT molecular complexity index is 1520. The highest BCUT2D eigenvalue weighted by atomic mass is 35.5. The predicted octanol–water partition coefficient (Wildman–Crippen LogP) is 5.28. The quantitative estimate of drug-likeness (QED) is 0.237. The van der Waals surface area contributed by atoms with Crippen LogP contribution in [-0.4, -0.2) is 33.2 Å². The molecule has 9 heteroatoms. The third kappa shape index (κ3) is 6.58. The van der Waals surface area contributed by atoms with Crippen LogP contribution in [0.1, 0.15) is 35.3 Å². The van der Waals surface area contributed by atoms with Crippen LogP contribution in [0.4, 0.5) is 5.69 Å². The molecule has 0 saturated heterocycles. The summed E-state index contributed by atoms with van der Waals surface area (Å²) >= 11 is 7.26. The molecule has 2 amide bonds. The van der Waals surface area contributed by atoms with Crippen molar-refractivity contribution < 1.29 is 9.59 Å². The van der Waals surface area contributed by atoms with Gasteiger partial charge in [0.15, 0.2) is 5.16 Å². The molecule has 0 fully saturated rings. The van der Waals surface area contributed by atoms with Crippen molar-refractivity contribution in [3.63, 3.8) is 0 Å². The smallest absolute Gasteiger partial charge is 0.262 e. The summed E-state index contributed by atoms with van der Waals surface area (Å²) in [4.78, 5) is 43.1. The van der Waals surface area contributed by atoms with E-state index in [0.717, 1.165) is 11.1 Å². The number of rotatable bonds is 8. The fraction of sp³-hybridized carbons (Fsp3) is 0.214. The number of halogens is 1. The van der Waals surface area contributed by atoms with Gasteiger partial charge in [-0.1, -0.05) is 53.7 Å². The Morgan fingerprint density at radius 3 is 2.51 bits per heavy atom. The Morgan fingerprint density at radius 2 is 1.78 bits per heavy atom. The maximum atomic E-state index is 13.4. The number of aryl methyl sites for hydroxylation is 1. The van der Waals surface area contributed by atoms with E-state index in [1.807, 2.05) is 45.0 Å². The molecule has 0 aliphatic heterocycles. The van der Waals surface area contributed by atoms with Crippen molar-refractivity contribution in [2.45, 2.75) is 38.5 Å². The molecule has 0 aliphatic carbocycles. The van der Waals surface area contributed by atoms with Crippen LogP contribution in [0.2, 0.25) is 5.02 Å². The minimum atomic E-state index is -0.232. The molecule has 4 rings (SSSR count). The molecule has 190 valence electrons. The van der Waals surface area contributed by atoms with Gasteiger partial charge >= 0.3 is 0 Å². The van der Waals surface area contributed by atoms with E-state index in [-0.39, 0.29) is 35.7 Å². The molecule has 3 aromatic carbocycles. The Labute approximate surface area is 224 Å². The first kappa shape index (κ1) is 26.4. The highest BCUT2D eigenvalue weighted by Gasteiger charge is 2.15. The average molecular weight is 535 g/mol. The van der Waals surface area contributed by atoms with Crippen molar-refractivity contribution >= 4 is 51.8 Å². The first-order chi connectivity index (χ1) is 17.7. The summed E-state index contributed by atoms with van der Waals surface area (Å²) in [5.74, 6) is -0.321. The third-order valence-corrected chi connectivity index (χ3v) is 6.82. The molecule has 0 unspecified atom stereocenters. The molecule has 0 atom stereocenters. The van der Waals surface area contributed by atoms with E-state index in [4.69, 9.17) is 11.6 Å². The zero-order chi connectivity index (χ0) is 26.5. The van der Waals surface area contributed by atoms with E-state index in [2.05, 4.69) is 15.6 Å². The second-order valence-electron chi connectivity index (χ2n) is 8.92. The van der Waals surface area contributed by atoms with Crippen molar-refractivity contribution in [1.82, 2.24) is 14.9 Å². The molecule has 1 aromatic heterocycles. The number of benzene rings is 3. The van der Waals surface area contributed by atoms with Gasteiger partial charge in [0.25, 0.3) is 11.5 Å². The molecule has 37 heavy (non-hydrogen) atoms. The molecular formula is C28H27ClN4O3S. The Balaban J connectivity index is 1.58. The normalized spacial score (nSPS) is 11.1. The summed E-state index contributed by atoms with van der Waals surface area (Å²) in [5, 5.41) is 7.21. The lowest BCUT2D eigenvalue weighted by atomic mass is 10.1.